The van der Waals surface area contributed by atoms with E-state index in [4.69, 9.17) is 9.47 Å². The maximum absolute atomic E-state index is 10.7. The minimum Gasteiger partial charge on any atom is -0.390 e. The molecule has 25 heavy (non-hydrogen) atoms. The third kappa shape index (κ3) is 4.79. The van der Waals surface area contributed by atoms with Crippen LogP contribution < -0.4 is 0 Å². The average Bonchev–Trinajstić information content (AvgIpc) is 2.96. The molecule has 2 aromatic rings. The number of hydrogen-bond acceptors (Lipinski definition) is 3. The molecule has 1 aliphatic rings. The van der Waals surface area contributed by atoms with E-state index in [0.29, 0.717) is 19.6 Å². The molecule has 3 nitrogen and oxygen atoms in total. The van der Waals surface area contributed by atoms with Crippen LogP contribution in [0.3, 0.4) is 0 Å². The number of rotatable bonds is 8. The van der Waals surface area contributed by atoms with Gasteiger partial charge in [-0.15, -0.1) is 6.58 Å². The summed E-state index contributed by atoms with van der Waals surface area (Å²) in [7, 11) is 0. The Morgan fingerprint density at radius 2 is 1.40 bits per heavy atom. The van der Waals surface area contributed by atoms with Crippen molar-refractivity contribution in [3.63, 3.8) is 0 Å². The molecule has 1 aliphatic carbocycles. The summed E-state index contributed by atoms with van der Waals surface area (Å²) in [6, 6.07) is 20.2. The van der Waals surface area contributed by atoms with Crippen molar-refractivity contribution in [1.29, 1.82) is 0 Å². The third-order valence-electron chi connectivity index (χ3n) is 4.81. The zero-order valence-corrected chi connectivity index (χ0v) is 14.5. The maximum atomic E-state index is 10.7. The SMILES string of the molecule is C=CCC1C(OCc2ccccc2)CC(OCc2ccccc2)C1O. The van der Waals surface area contributed by atoms with E-state index in [1.807, 2.05) is 54.6 Å². The summed E-state index contributed by atoms with van der Waals surface area (Å²) in [5.41, 5.74) is 2.26. The number of ether oxygens (including phenoxy) is 2. The molecule has 3 heteroatoms. The lowest BCUT2D eigenvalue weighted by Gasteiger charge is -2.21. The summed E-state index contributed by atoms with van der Waals surface area (Å²) in [6.45, 7) is 4.88. The summed E-state index contributed by atoms with van der Waals surface area (Å²) in [4.78, 5) is 0. The number of benzene rings is 2. The van der Waals surface area contributed by atoms with Crippen LogP contribution in [-0.4, -0.2) is 23.4 Å². The van der Waals surface area contributed by atoms with Gasteiger partial charge in [-0.1, -0.05) is 66.7 Å². The summed E-state index contributed by atoms with van der Waals surface area (Å²) in [5, 5.41) is 10.7. The second-order valence-corrected chi connectivity index (χ2v) is 6.58. The molecule has 1 N–H and O–H groups in total. The lowest BCUT2D eigenvalue weighted by molar-refractivity contribution is -0.0413. The Labute approximate surface area is 149 Å². The van der Waals surface area contributed by atoms with E-state index in [1.54, 1.807) is 0 Å². The highest BCUT2D eigenvalue weighted by Gasteiger charge is 2.43. The second kappa shape index (κ2) is 8.95. The van der Waals surface area contributed by atoms with Crippen LogP contribution in [0.5, 0.6) is 0 Å². The second-order valence-electron chi connectivity index (χ2n) is 6.58. The van der Waals surface area contributed by atoms with Crippen LogP contribution in [0.15, 0.2) is 73.3 Å². The van der Waals surface area contributed by atoms with Gasteiger partial charge in [-0.05, 0) is 17.5 Å². The van der Waals surface area contributed by atoms with Crippen molar-refractivity contribution in [3.8, 4) is 0 Å². The van der Waals surface area contributed by atoms with Gasteiger partial charge in [-0.25, -0.2) is 0 Å². The molecule has 0 heterocycles. The van der Waals surface area contributed by atoms with Gasteiger partial charge in [0.05, 0.1) is 31.5 Å². The molecule has 0 saturated heterocycles. The lowest BCUT2D eigenvalue weighted by atomic mass is 9.99. The summed E-state index contributed by atoms with van der Waals surface area (Å²) in [5.74, 6) is 0.0296. The molecule has 1 fully saturated rings. The van der Waals surface area contributed by atoms with Gasteiger partial charge in [0.25, 0.3) is 0 Å². The van der Waals surface area contributed by atoms with Gasteiger partial charge in [0.15, 0.2) is 0 Å². The molecule has 1 saturated carbocycles. The van der Waals surface area contributed by atoms with Gasteiger partial charge >= 0.3 is 0 Å². The van der Waals surface area contributed by atoms with Crippen LogP contribution in [0.2, 0.25) is 0 Å². The molecule has 3 rings (SSSR count). The number of hydrogen-bond donors (Lipinski definition) is 1. The predicted molar refractivity (Wildman–Crippen MR) is 99.0 cm³/mol. The van der Waals surface area contributed by atoms with E-state index < -0.39 is 6.10 Å². The van der Waals surface area contributed by atoms with Crippen LogP contribution in [-0.2, 0) is 22.7 Å². The fourth-order valence-corrected chi connectivity index (χ4v) is 3.44. The smallest absolute Gasteiger partial charge is 0.0867 e. The molecule has 4 unspecified atom stereocenters. The highest BCUT2D eigenvalue weighted by molar-refractivity contribution is 5.14. The standard InChI is InChI=1S/C22H26O3/c1-2-9-19-20(24-15-17-10-5-3-6-11-17)14-21(22(19)23)25-16-18-12-7-4-8-13-18/h2-8,10-13,19-23H,1,9,14-16H2. The molecule has 0 aliphatic heterocycles. The van der Waals surface area contributed by atoms with E-state index in [9.17, 15) is 5.11 Å². The van der Waals surface area contributed by atoms with E-state index in [2.05, 4.69) is 18.7 Å². The minimum absolute atomic E-state index is 0.0195. The van der Waals surface area contributed by atoms with Gasteiger partial charge in [-0.3, -0.25) is 0 Å². The lowest BCUT2D eigenvalue weighted by Crippen LogP contribution is -2.29. The summed E-state index contributed by atoms with van der Waals surface area (Å²) in [6.07, 6.45) is 2.54. The van der Waals surface area contributed by atoms with Gasteiger partial charge in [0.2, 0.25) is 0 Å². The predicted octanol–water partition coefficient (Wildman–Crippen LogP) is 4.11. The molecule has 4 atom stereocenters. The Hall–Kier alpha value is -1.94. The Balaban J connectivity index is 1.58. The highest BCUT2D eigenvalue weighted by atomic mass is 16.5. The van der Waals surface area contributed by atoms with Crippen molar-refractivity contribution in [2.75, 3.05) is 0 Å². The van der Waals surface area contributed by atoms with Crippen molar-refractivity contribution in [2.24, 2.45) is 5.92 Å². The Morgan fingerprint density at radius 1 is 0.880 bits per heavy atom. The van der Waals surface area contributed by atoms with Crippen molar-refractivity contribution in [2.45, 2.75) is 44.4 Å². The number of allylic oxidation sites excluding steroid dienone is 1. The maximum Gasteiger partial charge on any atom is 0.0867 e. The fourth-order valence-electron chi connectivity index (χ4n) is 3.44. The Kier molecular flexibility index (Phi) is 6.40. The average molecular weight is 338 g/mol. The quantitative estimate of drug-likeness (QED) is 0.736. The molecule has 132 valence electrons. The van der Waals surface area contributed by atoms with Gasteiger partial charge in [0, 0.05) is 12.3 Å². The molecular weight excluding hydrogens is 312 g/mol. The van der Waals surface area contributed by atoms with E-state index in [1.165, 1.54) is 0 Å². The first-order chi connectivity index (χ1) is 12.3. The largest absolute Gasteiger partial charge is 0.390 e. The third-order valence-corrected chi connectivity index (χ3v) is 4.81. The molecule has 0 spiro atoms. The summed E-state index contributed by atoms with van der Waals surface area (Å²) < 4.78 is 12.1. The zero-order chi connectivity index (χ0) is 17.5. The topological polar surface area (TPSA) is 38.7 Å². The summed E-state index contributed by atoms with van der Waals surface area (Å²) >= 11 is 0. The molecular formula is C22H26O3. The molecule has 0 radical (unpaired) electrons. The fraction of sp³-hybridized carbons (Fsp3) is 0.364. The first-order valence-electron chi connectivity index (χ1n) is 8.88. The van der Waals surface area contributed by atoms with Crippen molar-refractivity contribution < 1.29 is 14.6 Å². The Morgan fingerprint density at radius 3 is 1.92 bits per heavy atom. The molecule has 0 amide bonds. The van der Waals surface area contributed by atoms with E-state index >= 15 is 0 Å². The van der Waals surface area contributed by atoms with Crippen molar-refractivity contribution >= 4 is 0 Å². The molecule has 0 aromatic heterocycles. The Bertz CT molecular complexity index is 641. The normalized spacial score (nSPS) is 25.8. The van der Waals surface area contributed by atoms with Crippen LogP contribution in [0, 0.1) is 5.92 Å². The van der Waals surface area contributed by atoms with Crippen LogP contribution in [0.25, 0.3) is 0 Å². The zero-order valence-electron chi connectivity index (χ0n) is 14.5. The monoisotopic (exact) mass is 338 g/mol. The van der Waals surface area contributed by atoms with Gasteiger partial charge in [-0.2, -0.15) is 0 Å². The molecule has 2 aromatic carbocycles. The first kappa shape index (κ1) is 17.9. The number of aliphatic hydroxyl groups is 1. The van der Waals surface area contributed by atoms with Crippen molar-refractivity contribution in [3.05, 3.63) is 84.4 Å². The van der Waals surface area contributed by atoms with Gasteiger partial charge in [0.1, 0.15) is 0 Å². The van der Waals surface area contributed by atoms with E-state index in [0.717, 1.165) is 17.5 Å². The highest BCUT2D eigenvalue weighted by Crippen LogP contribution is 2.34. The first-order valence-corrected chi connectivity index (χ1v) is 8.88. The van der Waals surface area contributed by atoms with Crippen LogP contribution in [0.1, 0.15) is 24.0 Å². The molecule has 0 bridgehead atoms. The minimum atomic E-state index is -0.525. The number of aliphatic hydroxyl groups excluding tert-OH is 1. The van der Waals surface area contributed by atoms with Crippen LogP contribution >= 0.6 is 0 Å². The van der Waals surface area contributed by atoms with Crippen molar-refractivity contribution in [1.82, 2.24) is 0 Å². The van der Waals surface area contributed by atoms with Gasteiger partial charge < -0.3 is 14.6 Å². The van der Waals surface area contributed by atoms with E-state index in [-0.39, 0.29) is 18.1 Å². The van der Waals surface area contributed by atoms with Crippen LogP contribution in [0.4, 0.5) is 0 Å².